The van der Waals surface area contributed by atoms with Crippen molar-refractivity contribution >= 4 is 0 Å². The summed E-state index contributed by atoms with van der Waals surface area (Å²) < 4.78 is 33.0. The summed E-state index contributed by atoms with van der Waals surface area (Å²) in [4.78, 5) is 7.82. The summed E-state index contributed by atoms with van der Waals surface area (Å²) in [6.45, 7) is 1.55. The molecule has 3 N–H and O–H groups in total. The fraction of sp³-hybridized carbons (Fsp3) is 0.231. The lowest BCUT2D eigenvalue weighted by Gasteiger charge is -2.18. The fourth-order valence-electron chi connectivity index (χ4n) is 1.88. The quantitative estimate of drug-likeness (QED) is 0.657. The van der Waals surface area contributed by atoms with Gasteiger partial charge in [-0.1, -0.05) is 6.07 Å². The average molecular weight is 280 g/mol. The largest absolute Gasteiger partial charge is 0.481 e. The summed E-state index contributed by atoms with van der Waals surface area (Å²) in [6, 6.07) is 3.08. The average Bonchev–Trinajstić information content (AvgIpc) is 2.47. The van der Waals surface area contributed by atoms with E-state index in [4.69, 9.17) is 10.6 Å². The molecule has 0 saturated carbocycles. The third-order valence-electron chi connectivity index (χ3n) is 2.94. The predicted octanol–water partition coefficient (Wildman–Crippen LogP) is 1.62. The normalized spacial score (nSPS) is 12.2. The van der Waals surface area contributed by atoms with E-state index in [-0.39, 0.29) is 11.4 Å². The third-order valence-corrected chi connectivity index (χ3v) is 2.94. The maximum Gasteiger partial charge on any atom is 0.216 e. The molecule has 106 valence electrons. The van der Waals surface area contributed by atoms with Crippen molar-refractivity contribution in [2.75, 3.05) is 7.11 Å². The molecule has 1 unspecified atom stereocenters. The van der Waals surface area contributed by atoms with Crippen molar-refractivity contribution in [3.63, 3.8) is 0 Å². The standard InChI is InChI=1S/C13H14F2N4O/c1-7-3-4-8(14)11(12(7)15)13(19-16)9-5-10(20-2)18-6-17-9/h3-6,13,19H,16H2,1-2H3. The molecule has 0 spiro atoms. The number of ether oxygens (including phenoxy) is 1. The minimum absolute atomic E-state index is 0.187. The Kier molecular flexibility index (Phi) is 4.21. The molecule has 0 radical (unpaired) electrons. The molecule has 0 aliphatic carbocycles. The Bertz CT molecular complexity index is 621. The first kappa shape index (κ1) is 14.3. The van der Waals surface area contributed by atoms with Crippen LogP contribution in [-0.4, -0.2) is 17.1 Å². The second kappa shape index (κ2) is 5.89. The molecule has 0 amide bonds. The van der Waals surface area contributed by atoms with E-state index in [0.29, 0.717) is 11.3 Å². The van der Waals surface area contributed by atoms with Crippen LogP contribution >= 0.6 is 0 Å². The number of nitrogens with two attached hydrogens (primary N) is 1. The van der Waals surface area contributed by atoms with Gasteiger partial charge < -0.3 is 4.74 Å². The van der Waals surface area contributed by atoms with E-state index in [0.717, 1.165) is 0 Å². The molecule has 1 atom stereocenters. The van der Waals surface area contributed by atoms with E-state index >= 15 is 0 Å². The molecular weight excluding hydrogens is 266 g/mol. The van der Waals surface area contributed by atoms with Crippen LogP contribution in [0.2, 0.25) is 0 Å². The van der Waals surface area contributed by atoms with Crippen molar-refractivity contribution in [3.8, 4) is 5.88 Å². The van der Waals surface area contributed by atoms with Gasteiger partial charge in [0.25, 0.3) is 0 Å². The van der Waals surface area contributed by atoms with Crippen LogP contribution in [0.4, 0.5) is 8.78 Å². The highest BCUT2D eigenvalue weighted by Crippen LogP contribution is 2.27. The summed E-state index contributed by atoms with van der Waals surface area (Å²) in [6.07, 6.45) is 1.24. The Morgan fingerprint density at radius 3 is 2.70 bits per heavy atom. The molecule has 0 aliphatic heterocycles. The van der Waals surface area contributed by atoms with Gasteiger partial charge in [-0.3, -0.25) is 5.84 Å². The number of aryl methyl sites for hydroxylation is 1. The minimum atomic E-state index is -0.938. The zero-order chi connectivity index (χ0) is 14.7. The highest BCUT2D eigenvalue weighted by atomic mass is 19.1. The van der Waals surface area contributed by atoms with Gasteiger partial charge in [0.15, 0.2) is 0 Å². The number of nitrogens with zero attached hydrogens (tertiary/aromatic N) is 2. The van der Waals surface area contributed by atoms with E-state index in [1.54, 1.807) is 6.92 Å². The molecule has 2 aromatic rings. The van der Waals surface area contributed by atoms with Crippen LogP contribution in [0.5, 0.6) is 5.88 Å². The number of hydrogen-bond donors (Lipinski definition) is 2. The second-order valence-electron chi connectivity index (χ2n) is 4.18. The molecule has 2 rings (SSSR count). The first-order chi connectivity index (χ1) is 9.58. The first-order valence-electron chi connectivity index (χ1n) is 5.85. The van der Waals surface area contributed by atoms with Crippen LogP contribution in [0.1, 0.15) is 22.9 Å². The van der Waals surface area contributed by atoms with Gasteiger partial charge in [-0.25, -0.2) is 24.2 Å². The maximum absolute atomic E-state index is 14.2. The summed E-state index contributed by atoms with van der Waals surface area (Å²) in [5.74, 6) is 4.35. The van der Waals surface area contributed by atoms with Crippen LogP contribution < -0.4 is 16.0 Å². The van der Waals surface area contributed by atoms with Gasteiger partial charge in [-0.15, -0.1) is 0 Å². The van der Waals surface area contributed by atoms with Crippen LogP contribution in [0.25, 0.3) is 0 Å². The van der Waals surface area contributed by atoms with E-state index in [9.17, 15) is 8.78 Å². The van der Waals surface area contributed by atoms with Gasteiger partial charge in [0.2, 0.25) is 5.88 Å². The van der Waals surface area contributed by atoms with Crippen LogP contribution in [0, 0.1) is 18.6 Å². The molecule has 0 aliphatic rings. The molecule has 5 nitrogen and oxygen atoms in total. The highest BCUT2D eigenvalue weighted by molar-refractivity contribution is 5.34. The Hall–Kier alpha value is -2.12. The van der Waals surface area contributed by atoms with E-state index in [1.165, 1.54) is 31.6 Å². The molecule has 20 heavy (non-hydrogen) atoms. The predicted molar refractivity (Wildman–Crippen MR) is 68.8 cm³/mol. The summed E-state index contributed by atoms with van der Waals surface area (Å²) in [7, 11) is 1.44. The lowest BCUT2D eigenvalue weighted by molar-refractivity contribution is 0.394. The van der Waals surface area contributed by atoms with Crippen LogP contribution in [-0.2, 0) is 0 Å². The fourth-order valence-corrected chi connectivity index (χ4v) is 1.88. The first-order valence-corrected chi connectivity index (χ1v) is 5.85. The Balaban J connectivity index is 2.55. The zero-order valence-corrected chi connectivity index (χ0v) is 11.0. The lowest BCUT2D eigenvalue weighted by atomic mass is 10.00. The van der Waals surface area contributed by atoms with E-state index < -0.39 is 17.7 Å². The SMILES string of the molecule is COc1cc(C(NN)c2c(F)ccc(C)c2F)ncn1. The second-order valence-corrected chi connectivity index (χ2v) is 4.18. The highest BCUT2D eigenvalue weighted by Gasteiger charge is 2.23. The molecule has 1 heterocycles. The van der Waals surface area contributed by atoms with Crippen molar-refractivity contribution in [1.29, 1.82) is 0 Å². The Morgan fingerprint density at radius 1 is 1.30 bits per heavy atom. The number of benzene rings is 1. The van der Waals surface area contributed by atoms with Crippen LogP contribution in [0.3, 0.4) is 0 Å². The van der Waals surface area contributed by atoms with Gasteiger partial charge in [0.1, 0.15) is 18.0 Å². The number of hydrogen-bond acceptors (Lipinski definition) is 5. The minimum Gasteiger partial charge on any atom is -0.481 e. The van der Waals surface area contributed by atoms with E-state index in [1.807, 2.05) is 0 Å². The van der Waals surface area contributed by atoms with Gasteiger partial charge in [-0.05, 0) is 18.6 Å². The number of rotatable bonds is 4. The van der Waals surface area contributed by atoms with Gasteiger partial charge >= 0.3 is 0 Å². The van der Waals surface area contributed by atoms with Crippen molar-refractivity contribution in [2.45, 2.75) is 13.0 Å². The molecule has 1 aromatic carbocycles. The number of aromatic nitrogens is 2. The van der Waals surface area contributed by atoms with Crippen molar-refractivity contribution in [2.24, 2.45) is 5.84 Å². The molecule has 0 fully saturated rings. The molecule has 0 bridgehead atoms. The van der Waals surface area contributed by atoms with Crippen LogP contribution in [0.15, 0.2) is 24.5 Å². The molecule has 7 heteroatoms. The van der Waals surface area contributed by atoms with Gasteiger partial charge in [-0.2, -0.15) is 0 Å². The molecular formula is C13H14F2N4O. The lowest BCUT2D eigenvalue weighted by Crippen LogP contribution is -2.31. The topological polar surface area (TPSA) is 73.1 Å². The number of halogens is 2. The van der Waals surface area contributed by atoms with Crippen molar-refractivity contribution in [1.82, 2.24) is 15.4 Å². The van der Waals surface area contributed by atoms with Gasteiger partial charge in [0, 0.05) is 11.6 Å². The van der Waals surface area contributed by atoms with Crippen molar-refractivity contribution in [3.05, 3.63) is 53.0 Å². The maximum atomic E-state index is 14.2. The van der Waals surface area contributed by atoms with E-state index in [2.05, 4.69) is 15.4 Å². The Labute approximate surface area is 114 Å². The number of hydrazine groups is 1. The van der Waals surface area contributed by atoms with Crippen molar-refractivity contribution < 1.29 is 13.5 Å². The zero-order valence-electron chi connectivity index (χ0n) is 11.0. The smallest absolute Gasteiger partial charge is 0.216 e. The molecule has 0 saturated heterocycles. The third kappa shape index (κ3) is 2.59. The number of nitrogens with one attached hydrogen (secondary N) is 1. The number of methoxy groups -OCH3 is 1. The summed E-state index contributed by atoms with van der Waals surface area (Å²) in [5.41, 5.74) is 2.81. The molecule has 1 aromatic heterocycles. The monoisotopic (exact) mass is 280 g/mol. The summed E-state index contributed by atoms with van der Waals surface area (Å²) in [5, 5.41) is 0. The van der Waals surface area contributed by atoms with Gasteiger partial charge in [0.05, 0.1) is 18.8 Å². The summed E-state index contributed by atoms with van der Waals surface area (Å²) >= 11 is 0. The Morgan fingerprint density at radius 2 is 2.05 bits per heavy atom.